The van der Waals surface area contributed by atoms with Crippen molar-refractivity contribution in [1.29, 1.82) is 5.26 Å². The zero-order valence-corrected chi connectivity index (χ0v) is 6.49. The summed E-state index contributed by atoms with van der Waals surface area (Å²) < 4.78 is 0.805. The molecule has 0 N–H and O–H groups in total. The average molecular weight is 152 g/mol. The summed E-state index contributed by atoms with van der Waals surface area (Å²) in [6, 6.07) is 1.83. The second-order valence-electron chi connectivity index (χ2n) is 2.91. The van der Waals surface area contributed by atoms with E-state index in [1.807, 2.05) is 0 Å². The Balaban J connectivity index is 2.46. The number of nitrogens with zero attached hydrogens (tertiary/aromatic N) is 2. The van der Waals surface area contributed by atoms with Gasteiger partial charge in [-0.1, -0.05) is 6.42 Å². The second-order valence-corrected chi connectivity index (χ2v) is 2.91. The van der Waals surface area contributed by atoms with Gasteiger partial charge < -0.3 is 5.21 Å². The van der Waals surface area contributed by atoms with Gasteiger partial charge in [-0.05, 0) is 12.8 Å². The molecule has 0 unspecified atom stereocenters. The van der Waals surface area contributed by atoms with Crippen molar-refractivity contribution in [2.24, 2.45) is 0 Å². The summed E-state index contributed by atoms with van der Waals surface area (Å²) in [5.41, 5.74) is 0. The molecule has 1 aliphatic rings. The fourth-order valence-corrected chi connectivity index (χ4v) is 1.50. The molecular formula is C8H12N2O. The molecule has 60 valence electrons. The summed E-state index contributed by atoms with van der Waals surface area (Å²) in [7, 11) is 0. The third-order valence-electron chi connectivity index (χ3n) is 2.12. The Bertz CT molecular complexity index is 187. The van der Waals surface area contributed by atoms with Gasteiger partial charge in [0.05, 0.1) is 0 Å². The second kappa shape index (κ2) is 3.97. The number of hydroxylamine groups is 1. The van der Waals surface area contributed by atoms with Crippen LogP contribution in [0.15, 0.2) is 0 Å². The molecule has 1 aliphatic carbocycles. The summed E-state index contributed by atoms with van der Waals surface area (Å²) >= 11 is 0. The van der Waals surface area contributed by atoms with Gasteiger partial charge in [0.2, 0.25) is 0 Å². The minimum absolute atomic E-state index is 0.0726. The molecule has 0 aromatic heterocycles. The number of hydrogen-bond acceptors (Lipinski definition) is 2. The number of nitriles is 1. The van der Waals surface area contributed by atoms with E-state index < -0.39 is 0 Å². The fourth-order valence-electron chi connectivity index (χ4n) is 1.50. The molecule has 1 fully saturated rings. The Morgan fingerprint density at radius 1 is 1.36 bits per heavy atom. The molecule has 0 spiro atoms. The molecule has 0 aromatic carbocycles. The van der Waals surface area contributed by atoms with Crippen molar-refractivity contribution < 1.29 is 4.74 Å². The minimum atomic E-state index is 0.0726. The van der Waals surface area contributed by atoms with Gasteiger partial charge in [0.15, 0.2) is 12.1 Å². The maximum Gasteiger partial charge on any atom is 0.252 e. The van der Waals surface area contributed by atoms with Crippen LogP contribution in [0.3, 0.4) is 0 Å². The monoisotopic (exact) mass is 152 g/mol. The van der Waals surface area contributed by atoms with Crippen molar-refractivity contribution in [3.05, 3.63) is 5.21 Å². The van der Waals surface area contributed by atoms with E-state index in [0.717, 1.165) is 36.6 Å². The van der Waals surface area contributed by atoms with E-state index in [1.54, 1.807) is 6.07 Å². The molecule has 1 rings (SSSR count). The molecule has 3 heteroatoms. The highest BCUT2D eigenvalue weighted by molar-refractivity contribution is 5.70. The Morgan fingerprint density at radius 3 is 2.55 bits per heavy atom. The third-order valence-corrected chi connectivity index (χ3v) is 2.12. The van der Waals surface area contributed by atoms with E-state index in [0.29, 0.717) is 0 Å². The number of rotatable bonds is 1. The standard InChI is InChI=1S/C8H12N2O/c9-6-7-10(11)8-4-2-1-3-5-8/h7-8H,1-5H2. The summed E-state index contributed by atoms with van der Waals surface area (Å²) in [5.74, 6) is 0. The Hall–Kier alpha value is -1.04. The van der Waals surface area contributed by atoms with Gasteiger partial charge in [0.1, 0.15) is 0 Å². The quantitative estimate of drug-likeness (QED) is 0.247. The molecule has 0 saturated heterocycles. The van der Waals surface area contributed by atoms with Crippen molar-refractivity contribution in [2.45, 2.75) is 38.1 Å². The summed E-state index contributed by atoms with van der Waals surface area (Å²) in [6.45, 7) is 0. The lowest BCUT2D eigenvalue weighted by molar-refractivity contribution is -0.500. The average Bonchev–Trinajstić information content (AvgIpc) is 2.07. The van der Waals surface area contributed by atoms with Crippen LogP contribution in [0, 0.1) is 16.5 Å². The first-order valence-corrected chi connectivity index (χ1v) is 4.03. The van der Waals surface area contributed by atoms with Gasteiger partial charge >= 0.3 is 0 Å². The first kappa shape index (κ1) is 8.06. The van der Waals surface area contributed by atoms with E-state index in [4.69, 9.17) is 5.26 Å². The van der Waals surface area contributed by atoms with Crippen LogP contribution < -0.4 is 0 Å². The van der Waals surface area contributed by atoms with E-state index in [-0.39, 0.29) is 6.04 Å². The maximum atomic E-state index is 11.0. The molecule has 0 atom stereocenters. The molecule has 0 amide bonds. The maximum absolute atomic E-state index is 11.0. The molecule has 1 saturated carbocycles. The van der Waals surface area contributed by atoms with Crippen LogP contribution in [0.1, 0.15) is 32.1 Å². The highest BCUT2D eigenvalue weighted by Gasteiger charge is 2.18. The van der Waals surface area contributed by atoms with Crippen molar-refractivity contribution in [2.75, 3.05) is 0 Å². The van der Waals surface area contributed by atoms with Crippen LogP contribution in [-0.4, -0.2) is 17.0 Å². The molecule has 3 nitrogen and oxygen atoms in total. The van der Waals surface area contributed by atoms with Crippen LogP contribution in [0.5, 0.6) is 0 Å². The van der Waals surface area contributed by atoms with Crippen molar-refractivity contribution in [3.63, 3.8) is 0 Å². The Kier molecular flexibility index (Phi) is 2.91. The molecule has 0 aliphatic heterocycles. The van der Waals surface area contributed by atoms with Gasteiger partial charge in [0.25, 0.3) is 6.21 Å². The molecule has 0 aromatic rings. The molecule has 0 bridgehead atoms. The summed E-state index contributed by atoms with van der Waals surface area (Å²) in [6.07, 6.45) is 6.45. The first-order chi connectivity index (χ1) is 5.34. The lowest BCUT2D eigenvalue weighted by Crippen LogP contribution is -2.24. The zero-order chi connectivity index (χ0) is 8.10. The van der Waals surface area contributed by atoms with Crippen molar-refractivity contribution in [1.82, 2.24) is 0 Å². The smallest absolute Gasteiger partial charge is 0.252 e. The van der Waals surface area contributed by atoms with E-state index in [1.165, 1.54) is 6.42 Å². The van der Waals surface area contributed by atoms with Crippen molar-refractivity contribution >= 4 is 6.21 Å². The lowest BCUT2D eigenvalue weighted by atomic mass is 9.96. The lowest BCUT2D eigenvalue weighted by Gasteiger charge is -2.19. The Labute approximate surface area is 66.5 Å². The largest absolute Gasteiger partial charge is 0.623 e. The van der Waals surface area contributed by atoms with Gasteiger partial charge in [-0.3, -0.25) is 0 Å². The van der Waals surface area contributed by atoms with E-state index in [9.17, 15) is 5.21 Å². The molecular weight excluding hydrogens is 140 g/mol. The third kappa shape index (κ3) is 2.23. The highest BCUT2D eigenvalue weighted by atomic mass is 16.5. The Morgan fingerprint density at radius 2 is 2.00 bits per heavy atom. The topological polar surface area (TPSA) is 49.9 Å². The predicted molar refractivity (Wildman–Crippen MR) is 42.2 cm³/mol. The highest BCUT2D eigenvalue weighted by Crippen LogP contribution is 2.19. The van der Waals surface area contributed by atoms with Crippen LogP contribution in [0.2, 0.25) is 0 Å². The van der Waals surface area contributed by atoms with Crippen LogP contribution in [0.4, 0.5) is 0 Å². The van der Waals surface area contributed by atoms with Gasteiger partial charge in [-0.2, -0.15) is 10.0 Å². The van der Waals surface area contributed by atoms with Gasteiger partial charge in [-0.15, -0.1) is 0 Å². The first-order valence-electron chi connectivity index (χ1n) is 4.03. The van der Waals surface area contributed by atoms with Crippen molar-refractivity contribution in [3.8, 4) is 6.07 Å². The summed E-state index contributed by atoms with van der Waals surface area (Å²) in [4.78, 5) is 0. The molecule has 0 radical (unpaired) electrons. The van der Waals surface area contributed by atoms with E-state index >= 15 is 0 Å². The van der Waals surface area contributed by atoms with Gasteiger partial charge in [-0.25, -0.2) is 0 Å². The van der Waals surface area contributed by atoms with Crippen LogP contribution in [-0.2, 0) is 0 Å². The number of hydrogen-bond donors (Lipinski definition) is 0. The SMILES string of the molecule is N#CC=[N+]([O-])C1CCCCC1. The van der Waals surface area contributed by atoms with Gasteiger partial charge in [0, 0.05) is 12.8 Å². The summed E-state index contributed by atoms with van der Waals surface area (Å²) in [5, 5.41) is 19.3. The zero-order valence-electron chi connectivity index (χ0n) is 6.49. The minimum Gasteiger partial charge on any atom is -0.623 e. The van der Waals surface area contributed by atoms with E-state index in [2.05, 4.69) is 0 Å². The van der Waals surface area contributed by atoms with Crippen LogP contribution >= 0.6 is 0 Å². The fraction of sp³-hybridized carbons (Fsp3) is 0.750. The van der Waals surface area contributed by atoms with Crippen LogP contribution in [0.25, 0.3) is 0 Å². The normalized spacial score (nSPS) is 21.2. The molecule has 0 heterocycles. The molecule has 11 heavy (non-hydrogen) atoms. The predicted octanol–water partition coefficient (Wildman–Crippen LogP) is 1.42.